The number of aromatic nitrogens is 2. The van der Waals surface area contributed by atoms with E-state index in [2.05, 4.69) is 24.2 Å². The van der Waals surface area contributed by atoms with Crippen LogP contribution in [0.25, 0.3) is 5.65 Å². The Morgan fingerprint density at radius 1 is 1.26 bits per heavy atom. The molecule has 0 aliphatic carbocycles. The highest BCUT2D eigenvalue weighted by molar-refractivity contribution is 7.98. The van der Waals surface area contributed by atoms with Gasteiger partial charge in [-0.2, -0.15) is 0 Å². The number of benzene rings is 1. The van der Waals surface area contributed by atoms with E-state index in [9.17, 15) is 5.11 Å². The van der Waals surface area contributed by atoms with E-state index in [1.807, 2.05) is 28.8 Å². The summed E-state index contributed by atoms with van der Waals surface area (Å²) in [5.41, 5.74) is 3.23. The molecule has 0 fully saturated rings. The SMILES string of the molecule is Cc1cccn2cc(CSc3cccc(O)c3)nc12. The number of phenolic OH excluding ortho intramolecular Hbond substituents is 1. The lowest BCUT2D eigenvalue weighted by Crippen LogP contribution is -1.84. The first kappa shape index (κ1) is 12.1. The number of pyridine rings is 1. The summed E-state index contributed by atoms with van der Waals surface area (Å²) in [7, 11) is 0. The normalized spacial score (nSPS) is 11.0. The van der Waals surface area contributed by atoms with Crippen molar-refractivity contribution in [3.63, 3.8) is 0 Å². The molecular weight excluding hydrogens is 256 g/mol. The Labute approximate surface area is 115 Å². The highest BCUT2D eigenvalue weighted by atomic mass is 32.2. The van der Waals surface area contributed by atoms with E-state index in [1.54, 1.807) is 23.9 Å². The minimum atomic E-state index is 0.302. The van der Waals surface area contributed by atoms with Crippen LogP contribution in [0.15, 0.2) is 53.7 Å². The zero-order valence-electron chi connectivity index (χ0n) is 10.6. The lowest BCUT2D eigenvalue weighted by molar-refractivity contribution is 0.474. The van der Waals surface area contributed by atoms with Crippen molar-refractivity contribution in [1.82, 2.24) is 9.38 Å². The van der Waals surface area contributed by atoms with Crippen molar-refractivity contribution in [2.45, 2.75) is 17.6 Å². The van der Waals surface area contributed by atoms with Gasteiger partial charge in [-0.1, -0.05) is 12.1 Å². The summed E-state index contributed by atoms with van der Waals surface area (Å²) in [5, 5.41) is 9.43. The molecule has 0 aliphatic heterocycles. The summed E-state index contributed by atoms with van der Waals surface area (Å²) < 4.78 is 2.05. The molecule has 0 spiro atoms. The molecule has 0 bridgehead atoms. The van der Waals surface area contributed by atoms with Crippen molar-refractivity contribution >= 4 is 17.4 Å². The Morgan fingerprint density at radius 3 is 2.95 bits per heavy atom. The van der Waals surface area contributed by atoms with E-state index in [1.165, 1.54) is 5.56 Å². The second kappa shape index (κ2) is 4.97. The Morgan fingerprint density at radius 2 is 2.16 bits per heavy atom. The van der Waals surface area contributed by atoms with Crippen LogP contribution in [0.2, 0.25) is 0 Å². The van der Waals surface area contributed by atoms with Gasteiger partial charge < -0.3 is 9.51 Å². The molecule has 2 heterocycles. The maximum absolute atomic E-state index is 9.43. The van der Waals surface area contributed by atoms with Gasteiger partial charge in [0.1, 0.15) is 11.4 Å². The zero-order chi connectivity index (χ0) is 13.2. The average molecular weight is 270 g/mol. The topological polar surface area (TPSA) is 37.5 Å². The molecule has 96 valence electrons. The predicted octanol–water partition coefficient (Wildman–Crippen LogP) is 3.64. The lowest BCUT2D eigenvalue weighted by Gasteiger charge is -1.99. The van der Waals surface area contributed by atoms with Gasteiger partial charge in [0.25, 0.3) is 0 Å². The number of aryl methyl sites for hydroxylation is 1. The van der Waals surface area contributed by atoms with E-state index in [0.29, 0.717) is 5.75 Å². The fourth-order valence-electron chi connectivity index (χ4n) is 2.00. The molecular formula is C15H14N2OS. The highest BCUT2D eigenvalue weighted by Gasteiger charge is 2.04. The first-order valence-electron chi connectivity index (χ1n) is 6.07. The molecule has 3 aromatic rings. The number of fused-ring (bicyclic) bond motifs is 1. The highest BCUT2D eigenvalue weighted by Crippen LogP contribution is 2.25. The van der Waals surface area contributed by atoms with Gasteiger partial charge >= 0.3 is 0 Å². The van der Waals surface area contributed by atoms with Crippen molar-refractivity contribution in [2.75, 3.05) is 0 Å². The van der Waals surface area contributed by atoms with Crippen molar-refractivity contribution in [3.8, 4) is 5.75 Å². The van der Waals surface area contributed by atoms with Crippen molar-refractivity contribution in [3.05, 3.63) is 60.0 Å². The van der Waals surface area contributed by atoms with Crippen molar-refractivity contribution in [2.24, 2.45) is 0 Å². The first-order chi connectivity index (χ1) is 9.22. The van der Waals surface area contributed by atoms with E-state index in [0.717, 1.165) is 22.0 Å². The quantitative estimate of drug-likeness (QED) is 0.738. The Kier molecular flexibility index (Phi) is 3.17. The third kappa shape index (κ3) is 2.58. The third-order valence-corrected chi connectivity index (χ3v) is 3.96. The van der Waals surface area contributed by atoms with Gasteiger partial charge in [-0.15, -0.1) is 11.8 Å². The van der Waals surface area contributed by atoms with Crippen LogP contribution in [0.1, 0.15) is 11.3 Å². The maximum atomic E-state index is 9.43. The van der Waals surface area contributed by atoms with Gasteiger partial charge in [0.15, 0.2) is 0 Å². The molecule has 2 aromatic heterocycles. The van der Waals surface area contributed by atoms with Gasteiger partial charge in [-0.25, -0.2) is 4.98 Å². The number of phenols is 1. The number of thioether (sulfide) groups is 1. The Bertz CT molecular complexity index is 721. The summed E-state index contributed by atoms with van der Waals surface area (Å²) in [5.74, 6) is 1.10. The van der Waals surface area contributed by atoms with Gasteiger partial charge in [0.05, 0.1) is 5.69 Å². The minimum absolute atomic E-state index is 0.302. The van der Waals surface area contributed by atoms with Crippen molar-refractivity contribution in [1.29, 1.82) is 0 Å². The second-order valence-corrected chi connectivity index (χ2v) is 5.49. The Hall–Kier alpha value is -1.94. The molecule has 0 saturated heterocycles. The predicted molar refractivity (Wildman–Crippen MR) is 77.6 cm³/mol. The van der Waals surface area contributed by atoms with Gasteiger partial charge in [0, 0.05) is 23.0 Å². The second-order valence-electron chi connectivity index (χ2n) is 4.44. The van der Waals surface area contributed by atoms with Crippen LogP contribution in [0.5, 0.6) is 5.75 Å². The average Bonchev–Trinajstić information content (AvgIpc) is 2.81. The minimum Gasteiger partial charge on any atom is -0.508 e. The number of nitrogens with zero attached hydrogens (tertiary/aromatic N) is 2. The number of hydrogen-bond donors (Lipinski definition) is 1. The van der Waals surface area contributed by atoms with Crippen LogP contribution in [0.4, 0.5) is 0 Å². The maximum Gasteiger partial charge on any atom is 0.139 e. The standard InChI is InChI=1S/C15H14N2OS/c1-11-4-3-7-17-9-12(16-15(11)17)10-19-14-6-2-5-13(18)8-14/h2-9,18H,10H2,1H3. The molecule has 0 unspecified atom stereocenters. The van der Waals surface area contributed by atoms with Crippen LogP contribution in [-0.2, 0) is 5.75 Å². The fourth-order valence-corrected chi connectivity index (χ4v) is 2.84. The number of aromatic hydroxyl groups is 1. The van der Waals surface area contributed by atoms with Crippen LogP contribution < -0.4 is 0 Å². The summed E-state index contributed by atoms with van der Waals surface area (Å²) in [6, 6.07) is 11.4. The summed E-state index contributed by atoms with van der Waals surface area (Å²) in [6.45, 7) is 2.06. The van der Waals surface area contributed by atoms with Crippen LogP contribution in [-0.4, -0.2) is 14.5 Å². The molecule has 0 aliphatic rings. The molecule has 0 amide bonds. The van der Waals surface area contributed by atoms with Gasteiger partial charge in [0.2, 0.25) is 0 Å². The van der Waals surface area contributed by atoms with E-state index in [-0.39, 0.29) is 0 Å². The molecule has 1 N–H and O–H groups in total. The molecule has 1 aromatic carbocycles. The summed E-state index contributed by atoms with van der Waals surface area (Å²) >= 11 is 1.67. The molecule has 4 heteroatoms. The van der Waals surface area contributed by atoms with E-state index < -0.39 is 0 Å². The summed E-state index contributed by atoms with van der Waals surface area (Å²) in [4.78, 5) is 5.68. The molecule has 3 nitrogen and oxygen atoms in total. The fraction of sp³-hybridized carbons (Fsp3) is 0.133. The summed E-state index contributed by atoms with van der Waals surface area (Å²) in [6.07, 6.45) is 4.07. The molecule has 0 atom stereocenters. The van der Waals surface area contributed by atoms with E-state index >= 15 is 0 Å². The third-order valence-electron chi connectivity index (χ3n) is 2.93. The largest absolute Gasteiger partial charge is 0.508 e. The van der Waals surface area contributed by atoms with Crippen LogP contribution in [0, 0.1) is 6.92 Å². The number of imidazole rings is 1. The van der Waals surface area contributed by atoms with Crippen molar-refractivity contribution < 1.29 is 5.11 Å². The monoisotopic (exact) mass is 270 g/mol. The molecule has 0 saturated carbocycles. The zero-order valence-corrected chi connectivity index (χ0v) is 11.4. The van der Waals surface area contributed by atoms with E-state index in [4.69, 9.17) is 0 Å². The van der Waals surface area contributed by atoms with Gasteiger partial charge in [-0.3, -0.25) is 0 Å². The van der Waals surface area contributed by atoms with Crippen LogP contribution >= 0.6 is 11.8 Å². The molecule has 19 heavy (non-hydrogen) atoms. The number of hydrogen-bond acceptors (Lipinski definition) is 3. The Balaban J connectivity index is 1.80. The smallest absolute Gasteiger partial charge is 0.139 e. The molecule has 3 rings (SSSR count). The number of rotatable bonds is 3. The van der Waals surface area contributed by atoms with Crippen LogP contribution in [0.3, 0.4) is 0 Å². The van der Waals surface area contributed by atoms with Gasteiger partial charge in [-0.05, 0) is 36.8 Å². The molecule has 0 radical (unpaired) electrons. The lowest BCUT2D eigenvalue weighted by atomic mass is 10.3. The first-order valence-corrected chi connectivity index (χ1v) is 7.06.